The minimum absolute atomic E-state index is 0.169. The summed E-state index contributed by atoms with van der Waals surface area (Å²) in [6, 6.07) is 0. The molecule has 0 heterocycles. The van der Waals surface area contributed by atoms with E-state index in [-0.39, 0.29) is 6.10 Å². The normalized spacial score (nSPS) is 12.8. The molecule has 0 saturated carbocycles. The number of aliphatic hydroxyl groups is 1. The van der Waals surface area contributed by atoms with Gasteiger partial charge in [-0.3, -0.25) is 4.79 Å². The van der Waals surface area contributed by atoms with Crippen molar-refractivity contribution < 1.29 is 15.0 Å². The summed E-state index contributed by atoms with van der Waals surface area (Å²) in [4.78, 5) is 10.4. The zero-order valence-electron chi connectivity index (χ0n) is 20.5. The standard InChI is InChI=1S/C28H52O3/c1-2-3-4-5-6-15-18-21-24-27(29)25-22-19-16-13-11-9-7-8-10-12-14-17-20-23-26-28(30)31/h5-6,18,21,27,29H,2-4,7-17,19-20,22-26H2,1H3,(H,30,31). The molecule has 0 saturated heterocycles. The molecule has 0 rings (SSSR count). The second kappa shape index (κ2) is 25.2. The highest BCUT2D eigenvalue weighted by atomic mass is 16.4. The molecule has 0 spiro atoms. The maximum absolute atomic E-state index is 10.4. The number of unbranched alkanes of at least 4 members (excludes halogenated alkanes) is 15. The van der Waals surface area contributed by atoms with Crippen LogP contribution >= 0.6 is 0 Å². The Hall–Kier alpha value is -1.09. The summed E-state index contributed by atoms with van der Waals surface area (Å²) in [7, 11) is 0. The van der Waals surface area contributed by atoms with Crippen LogP contribution in [0.2, 0.25) is 0 Å². The highest BCUT2D eigenvalue weighted by Crippen LogP contribution is 2.14. The van der Waals surface area contributed by atoms with E-state index in [0.29, 0.717) is 6.42 Å². The molecule has 0 bridgehead atoms. The fourth-order valence-electron chi connectivity index (χ4n) is 3.86. The van der Waals surface area contributed by atoms with Crippen LogP contribution in [0.25, 0.3) is 0 Å². The molecule has 0 aromatic rings. The van der Waals surface area contributed by atoms with E-state index in [1.165, 1.54) is 89.9 Å². The van der Waals surface area contributed by atoms with Gasteiger partial charge in [-0.25, -0.2) is 0 Å². The number of allylic oxidation sites excluding steroid dienone is 3. The van der Waals surface area contributed by atoms with Gasteiger partial charge in [-0.15, -0.1) is 0 Å². The number of hydrogen-bond acceptors (Lipinski definition) is 2. The predicted octanol–water partition coefficient (Wildman–Crippen LogP) is 8.76. The van der Waals surface area contributed by atoms with Gasteiger partial charge in [0.2, 0.25) is 0 Å². The van der Waals surface area contributed by atoms with Crippen LogP contribution in [-0.2, 0) is 4.79 Å². The molecule has 182 valence electrons. The molecule has 0 fully saturated rings. The summed E-state index contributed by atoms with van der Waals surface area (Å²) in [5, 5.41) is 18.6. The monoisotopic (exact) mass is 436 g/mol. The molecule has 0 aliphatic carbocycles. The summed E-state index contributed by atoms with van der Waals surface area (Å²) in [6.07, 6.45) is 32.9. The number of aliphatic hydroxyl groups excluding tert-OH is 1. The van der Waals surface area contributed by atoms with Gasteiger partial charge < -0.3 is 10.2 Å². The van der Waals surface area contributed by atoms with Crippen molar-refractivity contribution in [3.8, 4) is 0 Å². The molecule has 31 heavy (non-hydrogen) atoms. The number of rotatable bonds is 24. The molecule has 3 nitrogen and oxygen atoms in total. The van der Waals surface area contributed by atoms with Gasteiger partial charge in [-0.05, 0) is 32.1 Å². The van der Waals surface area contributed by atoms with Crippen LogP contribution in [0.1, 0.15) is 142 Å². The second-order valence-electron chi connectivity index (χ2n) is 9.09. The number of carboxylic acid groups (broad SMARTS) is 1. The van der Waals surface area contributed by atoms with E-state index in [1.807, 2.05) is 0 Å². The number of aliphatic carboxylic acids is 1. The lowest BCUT2D eigenvalue weighted by Crippen LogP contribution is -2.04. The Labute approximate surface area is 193 Å². The van der Waals surface area contributed by atoms with Crippen molar-refractivity contribution in [1.29, 1.82) is 0 Å². The molecule has 0 aliphatic heterocycles. The van der Waals surface area contributed by atoms with Crippen LogP contribution in [0.5, 0.6) is 0 Å². The van der Waals surface area contributed by atoms with Crippen LogP contribution in [0.4, 0.5) is 0 Å². The van der Waals surface area contributed by atoms with Crippen molar-refractivity contribution in [1.82, 2.24) is 0 Å². The fourth-order valence-corrected chi connectivity index (χ4v) is 3.86. The maximum atomic E-state index is 10.4. The van der Waals surface area contributed by atoms with E-state index in [9.17, 15) is 9.90 Å². The first-order chi connectivity index (χ1) is 15.2. The van der Waals surface area contributed by atoms with Gasteiger partial charge in [-0.1, -0.05) is 128 Å². The Morgan fingerprint density at radius 2 is 1.16 bits per heavy atom. The first-order valence-corrected chi connectivity index (χ1v) is 13.4. The third-order valence-electron chi connectivity index (χ3n) is 5.92. The highest BCUT2D eigenvalue weighted by molar-refractivity contribution is 5.66. The third-order valence-corrected chi connectivity index (χ3v) is 5.92. The lowest BCUT2D eigenvalue weighted by atomic mass is 10.0. The van der Waals surface area contributed by atoms with Crippen LogP contribution in [-0.4, -0.2) is 22.3 Å². The summed E-state index contributed by atoms with van der Waals surface area (Å²) in [5.74, 6) is -0.665. The minimum Gasteiger partial charge on any atom is -0.481 e. The summed E-state index contributed by atoms with van der Waals surface area (Å²) in [6.45, 7) is 2.22. The van der Waals surface area contributed by atoms with Gasteiger partial charge in [0.1, 0.15) is 0 Å². The van der Waals surface area contributed by atoms with Gasteiger partial charge in [0, 0.05) is 6.42 Å². The Bertz CT molecular complexity index is 428. The molecule has 1 atom stereocenters. The van der Waals surface area contributed by atoms with Crippen molar-refractivity contribution in [3.05, 3.63) is 24.3 Å². The van der Waals surface area contributed by atoms with Crippen LogP contribution in [0, 0.1) is 0 Å². The summed E-state index contributed by atoms with van der Waals surface area (Å²) in [5.41, 5.74) is 0. The van der Waals surface area contributed by atoms with Gasteiger partial charge in [-0.2, -0.15) is 0 Å². The van der Waals surface area contributed by atoms with Gasteiger partial charge >= 0.3 is 5.97 Å². The van der Waals surface area contributed by atoms with Crippen molar-refractivity contribution in [2.75, 3.05) is 0 Å². The van der Waals surface area contributed by atoms with Gasteiger partial charge in [0.15, 0.2) is 0 Å². The number of carbonyl (C=O) groups is 1. The van der Waals surface area contributed by atoms with Crippen molar-refractivity contribution >= 4 is 5.97 Å². The zero-order valence-corrected chi connectivity index (χ0v) is 20.5. The Morgan fingerprint density at radius 1 is 0.677 bits per heavy atom. The molecule has 0 aromatic heterocycles. The maximum Gasteiger partial charge on any atom is 0.303 e. The molecule has 0 aromatic carbocycles. The minimum atomic E-state index is -0.665. The Kier molecular flexibility index (Phi) is 24.3. The smallest absolute Gasteiger partial charge is 0.303 e. The summed E-state index contributed by atoms with van der Waals surface area (Å²) < 4.78 is 0. The predicted molar refractivity (Wildman–Crippen MR) is 135 cm³/mol. The lowest BCUT2D eigenvalue weighted by molar-refractivity contribution is -0.137. The first-order valence-electron chi connectivity index (χ1n) is 13.4. The quantitative estimate of drug-likeness (QED) is 0.117. The average molecular weight is 437 g/mol. The third kappa shape index (κ3) is 26.9. The molecule has 0 radical (unpaired) electrons. The van der Waals surface area contributed by atoms with Gasteiger partial charge in [0.25, 0.3) is 0 Å². The zero-order chi connectivity index (χ0) is 22.8. The van der Waals surface area contributed by atoms with Crippen molar-refractivity contribution in [3.63, 3.8) is 0 Å². The second-order valence-corrected chi connectivity index (χ2v) is 9.09. The topological polar surface area (TPSA) is 57.5 Å². The van der Waals surface area contributed by atoms with E-state index < -0.39 is 5.97 Å². The van der Waals surface area contributed by atoms with E-state index in [1.54, 1.807) is 0 Å². The average Bonchev–Trinajstić information content (AvgIpc) is 2.75. The molecule has 3 heteroatoms. The van der Waals surface area contributed by atoms with E-state index in [2.05, 4.69) is 31.2 Å². The lowest BCUT2D eigenvalue weighted by Gasteiger charge is -2.07. The largest absolute Gasteiger partial charge is 0.481 e. The first kappa shape index (κ1) is 29.9. The molecule has 1 unspecified atom stereocenters. The molecule has 2 N–H and O–H groups in total. The van der Waals surface area contributed by atoms with Crippen LogP contribution in [0.3, 0.4) is 0 Å². The van der Waals surface area contributed by atoms with Crippen LogP contribution < -0.4 is 0 Å². The highest BCUT2D eigenvalue weighted by Gasteiger charge is 2.01. The van der Waals surface area contributed by atoms with Crippen LogP contribution in [0.15, 0.2) is 24.3 Å². The van der Waals surface area contributed by atoms with Gasteiger partial charge in [0.05, 0.1) is 6.10 Å². The molecule has 0 amide bonds. The number of hydrogen-bond donors (Lipinski definition) is 2. The molecular weight excluding hydrogens is 384 g/mol. The van der Waals surface area contributed by atoms with E-state index in [4.69, 9.17) is 5.11 Å². The van der Waals surface area contributed by atoms with E-state index in [0.717, 1.165) is 38.5 Å². The molecular formula is C28H52O3. The van der Waals surface area contributed by atoms with Crippen molar-refractivity contribution in [2.24, 2.45) is 0 Å². The summed E-state index contributed by atoms with van der Waals surface area (Å²) >= 11 is 0. The number of carboxylic acids is 1. The Morgan fingerprint density at radius 3 is 1.68 bits per heavy atom. The Balaban J connectivity index is 3.23. The fraction of sp³-hybridized carbons (Fsp3) is 0.821. The molecule has 0 aliphatic rings. The van der Waals surface area contributed by atoms with Crippen molar-refractivity contribution in [2.45, 2.75) is 148 Å². The van der Waals surface area contributed by atoms with E-state index >= 15 is 0 Å². The SMILES string of the molecule is CCCCC=CCC=CCC(O)CCCCCCCCCCCCCCCCC(=O)O.